The van der Waals surface area contributed by atoms with Gasteiger partial charge < -0.3 is 14.6 Å². The summed E-state index contributed by atoms with van der Waals surface area (Å²) in [5.41, 5.74) is 1.51. The molecule has 3 fully saturated rings. The van der Waals surface area contributed by atoms with Crippen molar-refractivity contribution in [1.29, 1.82) is 0 Å². The summed E-state index contributed by atoms with van der Waals surface area (Å²) in [6.45, 7) is 3.39. The van der Waals surface area contributed by atoms with Crippen LogP contribution in [0.4, 0.5) is 0 Å². The fourth-order valence-electron chi connectivity index (χ4n) is 3.43. The molecule has 2 aromatic heterocycles. The minimum Gasteiger partial charge on any atom is -0.348 e. The highest BCUT2D eigenvalue weighted by Gasteiger charge is 2.34. The fourth-order valence-corrected chi connectivity index (χ4v) is 3.43. The number of aromatic nitrogens is 2. The predicted octanol–water partition coefficient (Wildman–Crippen LogP) is 1.16. The van der Waals surface area contributed by atoms with Crippen LogP contribution in [-0.4, -0.2) is 45.9 Å². The molecule has 5 heteroatoms. The second-order valence-corrected chi connectivity index (χ2v) is 5.83. The van der Waals surface area contributed by atoms with Gasteiger partial charge in [-0.15, -0.1) is 0 Å². The number of amides is 1. The Kier molecular flexibility index (Phi) is 2.73. The Bertz CT molecular complexity index is 642. The molecule has 20 heavy (non-hydrogen) atoms. The third kappa shape index (κ3) is 1.98. The van der Waals surface area contributed by atoms with Crippen molar-refractivity contribution in [2.75, 3.05) is 19.6 Å². The molecule has 3 aliphatic heterocycles. The van der Waals surface area contributed by atoms with E-state index in [1.54, 1.807) is 6.20 Å². The Morgan fingerprint density at radius 1 is 1.30 bits per heavy atom. The largest absolute Gasteiger partial charge is 0.348 e. The van der Waals surface area contributed by atoms with Crippen LogP contribution in [0.25, 0.3) is 5.65 Å². The highest BCUT2D eigenvalue weighted by Crippen LogP contribution is 2.27. The summed E-state index contributed by atoms with van der Waals surface area (Å²) >= 11 is 0. The monoisotopic (exact) mass is 270 g/mol. The van der Waals surface area contributed by atoms with E-state index in [2.05, 4.69) is 15.2 Å². The van der Waals surface area contributed by atoms with Gasteiger partial charge in [-0.3, -0.25) is 4.79 Å². The SMILES string of the molecule is O=C(N[C@H]1CN2CCC1CC2)c1ccn2ccnc2c1. The molecule has 5 rings (SSSR count). The van der Waals surface area contributed by atoms with Crippen LogP contribution in [0.1, 0.15) is 23.2 Å². The average molecular weight is 270 g/mol. The minimum atomic E-state index is 0.0225. The maximum absolute atomic E-state index is 12.4. The second kappa shape index (κ2) is 4.59. The van der Waals surface area contributed by atoms with Crippen LogP contribution in [0, 0.1) is 5.92 Å². The van der Waals surface area contributed by atoms with Crippen LogP contribution in [0.5, 0.6) is 0 Å². The number of nitrogens with one attached hydrogen (secondary N) is 1. The van der Waals surface area contributed by atoms with E-state index in [0.29, 0.717) is 17.5 Å². The summed E-state index contributed by atoms with van der Waals surface area (Å²) in [7, 11) is 0. The third-order valence-electron chi connectivity index (χ3n) is 4.63. The number of piperidine rings is 3. The van der Waals surface area contributed by atoms with Gasteiger partial charge in [0.25, 0.3) is 5.91 Å². The summed E-state index contributed by atoms with van der Waals surface area (Å²) < 4.78 is 1.91. The van der Waals surface area contributed by atoms with Gasteiger partial charge in [0.1, 0.15) is 5.65 Å². The first-order chi connectivity index (χ1) is 9.79. The lowest BCUT2D eigenvalue weighted by molar-refractivity contribution is 0.0620. The van der Waals surface area contributed by atoms with E-state index in [9.17, 15) is 4.79 Å². The summed E-state index contributed by atoms with van der Waals surface area (Å²) in [6.07, 6.45) is 7.93. The average Bonchev–Trinajstić information content (AvgIpc) is 2.96. The van der Waals surface area contributed by atoms with Gasteiger partial charge in [0.15, 0.2) is 0 Å². The maximum atomic E-state index is 12.4. The van der Waals surface area contributed by atoms with Crippen LogP contribution in [0.15, 0.2) is 30.7 Å². The van der Waals surface area contributed by atoms with Gasteiger partial charge in [-0.05, 0) is 44.0 Å². The van der Waals surface area contributed by atoms with Gasteiger partial charge in [-0.1, -0.05) is 0 Å². The minimum absolute atomic E-state index is 0.0225. The van der Waals surface area contributed by atoms with Crippen molar-refractivity contribution in [3.63, 3.8) is 0 Å². The number of carbonyl (C=O) groups excluding carboxylic acids is 1. The molecule has 1 N–H and O–H groups in total. The van der Waals surface area contributed by atoms with Crippen LogP contribution >= 0.6 is 0 Å². The molecule has 2 aromatic rings. The quantitative estimate of drug-likeness (QED) is 0.891. The molecule has 3 aliphatic rings. The Balaban J connectivity index is 1.52. The predicted molar refractivity (Wildman–Crippen MR) is 75.6 cm³/mol. The van der Waals surface area contributed by atoms with E-state index < -0.39 is 0 Å². The van der Waals surface area contributed by atoms with E-state index >= 15 is 0 Å². The van der Waals surface area contributed by atoms with Gasteiger partial charge in [0, 0.05) is 36.7 Å². The molecular formula is C15H18N4O. The summed E-state index contributed by atoms with van der Waals surface area (Å²) in [4.78, 5) is 19.1. The van der Waals surface area contributed by atoms with E-state index in [0.717, 1.165) is 12.2 Å². The van der Waals surface area contributed by atoms with E-state index in [4.69, 9.17) is 0 Å². The standard InChI is InChI=1S/C15H18N4O/c20-15(12-3-7-19-8-4-16-14(19)9-12)17-13-10-18-5-1-11(13)2-6-18/h3-4,7-9,11,13H,1-2,5-6,10H2,(H,17,20)/t13-/m0/s1. The van der Waals surface area contributed by atoms with Gasteiger partial charge in [0.2, 0.25) is 0 Å². The van der Waals surface area contributed by atoms with Crippen LogP contribution in [0.3, 0.4) is 0 Å². The van der Waals surface area contributed by atoms with Gasteiger partial charge >= 0.3 is 0 Å². The van der Waals surface area contributed by atoms with Crippen molar-refractivity contribution in [3.05, 3.63) is 36.3 Å². The molecule has 0 spiro atoms. The van der Waals surface area contributed by atoms with Crippen molar-refractivity contribution in [1.82, 2.24) is 19.6 Å². The Labute approximate surface area is 117 Å². The van der Waals surface area contributed by atoms with Crippen molar-refractivity contribution in [2.45, 2.75) is 18.9 Å². The molecule has 0 aromatic carbocycles. The fraction of sp³-hybridized carbons (Fsp3) is 0.467. The maximum Gasteiger partial charge on any atom is 0.251 e. The van der Waals surface area contributed by atoms with Crippen molar-refractivity contribution < 1.29 is 4.79 Å². The topological polar surface area (TPSA) is 49.6 Å². The van der Waals surface area contributed by atoms with E-state index in [-0.39, 0.29) is 5.91 Å². The highest BCUT2D eigenvalue weighted by molar-refractivity contribution is 5.95. The molecule has 104 valence electrons. The van der Waals surface area contributed by atoms with Gasteiger partial charge in [-0.25, -0.2) is 4.98 Å². The molecule has 0 aliphatic carbocycles. The first-order valence-electron chi connectivity index (χ1n) is 7.25. The Hall–Kier alpha value is -1.88. The zero-order chi connectivity index (χ0) is 13.5. The molecule has 1 atom stereocenters. The molecular weight excluding hydrogens is 252 g/mol. The number of hydrogen-bond donors (Lipinski definition) is 1. The summed E-state index contributed by atoms with van der Waals surface area (Å²) in [5.74, 6) is 0.674. The van der Waals surface area contributed by atoms with Gasteiger partial charge in [-0.2, -0.15) is 0 Å². The first-order valence-corrected chi connectivity index (χ1v) is 7.25. The lowest BCUT2D eigenvalue weighted by atomic mass is 9.84. The molecule has 3 saturated heterocycles. The first kappa shape index (κ1) is 11.9. The number of fused-ring (bicyclic) bond motifs is 4. The molecule has 1 amide bonds. The number of nitrogens with zero attached hydrogens (tertiary/aromatic N) is 3. The van der Waals surface area contributed by atoms with Crippen molar-refractivity contribution >= 4 is 11.6 Å². The summed E-state index contributed by atoms with van der Waals surface area (Å²) in [6, 6.07) is 4.00. The summed E-state index contributed by atoms with van der Waals surface area (Å²) in [5, 5.41) is 3.21. The molecule has 0 radical (unpaired) electrons. The number of carbonyl (C=O) groups is 1. The highest BCUT2D eigenvalue weighted by atomic mass is 16.1. The van der Waals surface area contributed by atoms with Crippen LogP contribution in [-0.2, 0) is 0 Å². The van der Waals surface area contributed by atoms with E-state index in [1.165, 1.54) is 25.9 Å². The van der Waals surface area contributed by atoms with Crippen molar-refractivity contribution in [2.24, 2.45) is 5.92 Å². The lowest BCUT2D eigenvalue weighted by Crippen LogP contribution is -2.57. The van der Waals surface area contributed by atoms with Crippen LogP contribution < -0.4 is 5.32 Å². The Morgan fingerprint density at radius 2 is 2.15 bits per heavy atom. The van der Waals surface area contributed by atoms with Crippen LogP contribution in [0.2, 0.25) is 0 Å². The number of pyridine rings is 1. The molecule has 0 saturated carbocycles. The lowest BCUT2D eigenvalue weighted by Gasteiger charge is -2.44. The number of imidazole rings is 1. The zero-order valence-corrected chi connectivity index (χ0v) is 11.3. The third-order valence-corrected chi connectivity index (χ3v) is 4.63. The Morgan fingerprint density at radius 3 is 2.90 bits per heavy atom. The number of hydrogen-bond acceptors (Lipinski definition) is 3. The smallest absolute Gasteiger partial charge is 0.251 e. The van der Waals surface area contributed by atoms with E-state index in [1.807, 2.05) is 28.9 Å². The molecule has 0 unspecified atom stereocenters. The number of rotatable bonds is 2. The zero-order valence-electron chi connectivity index (χ0n) is 11.3. The molecule has 5 nitrogen and oxygen atoms in total. The molecule has 2 bridgehead atoms. The molecule has 5 heterocycles. The normalized spacial score (nSPS) is 28.7. The van der Waals surface area contributed by atoms with Crippen molar-refractivity contribution in [3.8, 4) is 0 Å². The van der Waals surface area contributed by atoms with Gasteiger partial charge in [0.05, 0.1) is 0 Å². The second-order valence-electron chi connectivity index (χ2n) is 5.83.